The largest absolute Gasteiger partial charge is 0.480 e. The van der Waals surface area contributed by atoms with Crippen LogP contribution < -0.4 is 15.4 Å². The van der Waals surface area contributed by atoms with E-state index >= 15 is 0 Å². The van der Waals surface area contributed by atoms with E-state index in [-0.39, 0.29) is 30.2 Å². The first-order chi connectivity index (χ1) is 11.9. The molecule has 2 amide bonds. The van der Waals surface area contributed by atoms with Gasteiger partial charge in [-0.25, -0.2) is 9.78 Å². The van der Waals surface area contributed by atoms with Crippen LogP contribution >= 0.6 is 0 Å². The molecule has 0 radical (unpaired) electrons. The number of anilines is 1. The third kappa shape index (κ3) is 5.82. The van der Waals surface area contributed by atoms with Crippen LogP contribution in [0.3, 0.4) is 0 Å². The summed E-state index contributed by atoms with van der Waals surface area (Å²) in [6, 6.07) is 2.26. The zero-order chi connectivity index (χ0) is 18.4. The Hall–Kier alpha value is -2.49. The van der Waals surface area contributed by atoms with Crippen LogP contribution in [0.1, 0.15) is 19.8 Å². The number of pyridine rings is 1. The van der Waals surface area contributed by atoms with Crippen LogP contribution in [0.5, 0.6) is 5.75 Å². The zero-order valence-corrected chi connectivity index (χ0v) is 13.6. The van der Waals surface area contributed by atoms with Crippen molar-refractivity contribution >= 4 is 17.8 Å². The van der Waals surface area contributed by atoms with Gasteiger partial charge in [-0.15, -0.1) is 0 Å². The minimum atomic E-state index is -2.93. The molecule has 2 rings (SSSR count). The van der Waals surface area contributed by atoms with E-state index in [0.29, 0.717) is 19.4 Å². The van der Waals surface area contributed by atoms with Crippen molar-refractivity contribution in [2.45, 2.75) is 38.5 Å². The summed E-state index contributed by atoms with van der Waals surface area (Å²) < 4.78 is 28.2. The highest BCUT2D eigenvalue weighted by Crippen LogP contribution is 2.25. The van der Waals surface area contributed by atoms with Crippen LogP contribution in [0.25, 0.3) is 0 Å². The number of nitrogens with zero attached hydrogens (tertiary/aromatic N) is 2. The van der Waals surface area contributed by atoms with Gasteiger partial charge in [-0.1, -0.05) is 6.92 Å². The number of rotatable bonds is 8. The van der Waals surface area contributed by atoms with Gasteiger partial charge in [0.2, 0.25) is 0 Å². The predicted molar refractivity (Wildman–Crippen MR) is 84.7 cm³/mol. The van der Waals surface area contributed by atoms with Crippen molar-refractivity contribution in [2.75, 3.05) is 18.4 Å². The fourth-order valence-electron chi connectivity index (χ4n) is 2.64. The van der Waals surface area contributed by atoms with E-state index in [1.54, 1.807) is 0 Å². The second kappa shape index (κ2) is 8.56. The molecule has 1 aromatic rings. The van der Waals surface area contributed by atoms with Gasteiger partial charge in [-0.2, -0.15) is 8.78 Å². The van der Waals surface area contributed by atoms with E-state index in [9.17, 15) is 18.4 Å². The quantitative estimate of drug-likeness (QED) is 0.654. The summed E-state index contributed by atoms with van der Waals surface area (Å²) in [4.78, 5) is 28.3. The van der Waals surface area contributed by atoms with Gasteiger partial charge in [-0.3, -0.25) is 15.0 Å². The lowest BCUT2D eigenvalue weighted by Crippen LogP contribution is -2.55. The maximum absolute atomic E-state index is 12.0. The third-order valence-electron chi connectivity index (χ3n) is 3.91. The molecule has 1 aliphatic carbocycles. The van der Waals surface area contributed by atoms with Crippen molar-refractivity contribution in [3.8, 4) is 5.75 Å². The molecule has 8 nitrogen and oxygen atoms in total. The fraction of sp³-hybridized carbons (Fsp3) is 0.533. The van der Waals surface area contributed by atoms with E-state index in [1.165, 1.54) is 12.1 Å². The Balaban J connectivity index is 1.74. The van der Waals surface area contributed by atoms with E-state index < -0.39 is 18.6 Å². The van der Waals surface area contributed by atoms with Gasteiger partial charge < -0.3 is 15.2 Å². The number of amides is 2. The molecular formula is C15H20F2N4O4. The van der Waals surface area contributed by atoms with Gasteiger partial charge >= 0.3 is 18.6 Å². The number of nitrogens with one attached hydrogen (secondary N) is 2. The van der Waals surface area contributed by atoms with Gasteiger partial charge in [0, 0.05) is 12.1 Å². The molecule has 10 heteroatoms. The van der Waals surface area contributed by atoms with Gasteiger partial charge in [0.15, 0.2) is 0 Å². The Morgan fingerprint density at radius 2 is 2.16 bits per heavy atom. The number of hydrogen-bond donors (Lipinski definition) is 3. The summed E-state index contributed by atoms with van der Waals surface area (Å²) in [5, 5.41) is 14.1. The molecule has 1 aromatic heterocycles. The van der Waals surface area contributed by atoms with Crippen LogP contribution in [-0.4, -0.2) is 58.8 Å². The standard InChI is InChI=1S/C15H20F2N4O4/c1-2-21(8-13(22)23)10-5-9(6-10)19-15(24)20-12-4-3-11(7-18-12)25-14(16)17/h3-4,7,9-10,14H,2,5-6,8H2,1H3,(H,22,23)(H2,18,19,20,24). The molecule has 0 atom stereocenters. The number of likely N-dealkylation sites (N-methyl/N-ethyl adjacent to an activating group) is 1. The van der Waals surface area contributed by atoms with Crippen LogP contribution in [0.4, 0.5) is 19.4 Å². The second-order valence-corrected chi connectivity index (χ2v) is 5.64. The molecule has 25 heavy (non-hydrogen) atoms. The lowest BCUT2D eigenvalue weighted by atomic mass is 9.85. The van der Waals surface area contributed by atoms with E-state index in [2.05, 4.69) is 20.4 Å². The molecule has 138 valence electrons. The Kier molecular flexibility index (Phi) is 6.45. The van der Waals surface area contributed by atoms with Crippen LogP contribution in [0, 0.1) is 0 Å². The van der Waals surface area contributed by atoms with Crippen molar-refractivity contribution in [3.05, 3.63) is 18.3 Å². The lowest BCUT2D eigenvalue weighted by molar-refractivity contribution is -0.139. The monoisotopic (exact) mass is 358 g/mol. The van der Waals surface area contributed by atoms with Crippen molar-refractivity contribution in [3.63, 3.8) is 0 Å². The minimum Gasteiger partial charge on any atom is -0.480 e. The molecule has 1 heterocycles. The summed E-state index contributed by atoms with van der Waals surface area (Å²) in [5.41, 5.74) is 0. The van der Waals surface area contributed by atoms with Crippen molar-refractivity contribution < 1.29 is 28.2 Å². The molecule has 1 saturated carbocycles. The highest BCUT2D eigenvalue weighted by atomic mass is 19.3. The number of carboxylic acids is 1. The van der Waals surface area contributed by atoms with Gasteiger partial charge in [0.05, 0.1) is 12.7 Å². The second-order valence-electron chi connectivity index (χ2n) is 5.64. The number of hydrogen-bond acceptors (Lipinski definition) is 5. The average Bonchev–Trinajstić information content (AvgIpc) is 2.49. The Morgan fingerprint density at radius 1 is 1.44 bits per heavy atom. The molecular weight excluding hydrogens is 338 g/mol. The molecule has 1 fully saturated rings. The highest BCUT2D eigenvalue weighted by molar-refractivity contribution is 5.88. The number of halogens is 2. The molecule has 0 spiro atoms. The van der Waals surface area contributed by atoms with Gasteiger partial charge in [0.1, 0.15) is 11.6 Å². The lowest BCUT2D eigenvalue weighted by Gasteiger charge is -2.42. The molecule has 1 aliphatic rings. The SMILES string of the molecule is CCN(CC(=O)O)C1CC(NC(=O)Nc2ccc(OC(F)F)cn2)C1. The summed E-state index contributed by atoms with van der Waals surface area (Å²) in [7, 11) is 0. The molecule has 0 unspecified atom stereocenters. The molecule has 3 N–H and O–H groups in total. The summed E-state index contributed by atoms with van der Waals surface area (Å²) >= 11 is 0. The first-order valence-corrected chi connectivity index (χ1v) is 7.81. The average molecular weight is 358 g/mol. The Labute approximate surface area is 143 Å². The Bertz CT molecular complexity index is 594. The highest BCUT2D eigenvalue weighted by Gasteiger charge is 2.34. The van der Waals surface area contributed by atoms with Crippen LogP contribution in [-0.2, 0) is 4.79 Å². The fourth-order valence-corrected chi connectivity index (χ4v) is 2.64. The maximum atomic E-state index is 12.0. The van der Waals surface area contributed by atoms with Crippen LogP contribution in [0.2, 0.25) is 0 Å². The first-order valence-electron chi connectivity index (χ1n) is 7.81. The molecule has 0 bridgehead atoms. The minimum absolute atomic E-state index is 0.0168. The number of ether oxygens (including phenoxy) is 1. The summed E-state index contributed by atoms with van der Waals surface area (Å²) in [5.74, 6) is -0.765. The number of aliphatic carboxylic acids is 1. The number of urea groups is 1. The van der Waals surface area contributed by atoms with Crippen molar-refractivity contribution in [1.29, 1.82) is 0 Å². The third-order valence-corrected chi connectivity index (χ3v) is 3.91. The number of alkyl halides is 2. The molecule has 0 aliphatic heterocycles. The summed E-state index contributed by atoms with van der Waals surface area (Å²) in [6.45, 7) is -0.424. The van der Waals surface area contributed by atoms with Crippen molar-refractivity contribution in [2.24, 2.45) is 0 Å². The van der Waals surface area contributed by atoms with E-state index in [0.717, 1.165) is 6.20 Å². The predicted octanol–water partition coefficient (Wildman–Crippen LogP) is 1.74. The number of carbonyl (C=O) groups excluding carboxylic acids is 1. The van der Waals surface area contributed by atoms with Gasteiger partial charge in [0.25, 0.3) is 0 Å². The molecule has 0 aromatic carbocycles. The summed E-state index contributed by atoms with van der Waals surface area (Å²) in [6.07, 6.45) is 2.43. The first kappa shape index (κ1) is 18.8. The van der Waals surface area contributed by atoms with Crippen LogP contribution in [0.15, 0.2) is 18.3 Å². The normalized spacial score (nSPS) is 19.4. The number of carbonyl (C=O) groups is 2. The number of carboxylic acid groups (broad SMARTS) is 1. The smallest absolute Gasteiger partial charge is 0.387 e. The Morgan fingerprint density at radius 3 is 2.68 bits per heavy atom. The maximum Gasteiger partial charge on any atom is 0.387 e. The van der Waals surface area contributed by atoms with Gasteiger partial charge in [-0.05, 0) is 31.5 Å². The van der Waals surface area contributed by atoms with E-state index in [1.807, 2.05) is 11.8 Å². The zero-order valence-electron chi connectivity index (χ0n) is 13.6. The molecule has 0 saturated heterocycles. The van der Waals surface area contributed by atoms with E-state index in [4.69, 9.17) is 5.11 Å². The van der Waals surface area contributed by atoms with Crippen molar-refractivity contribution in [1.82, 2.24) is 15.2 Å². The topological polar surface area (TPSA) is 104 Å². The number of aromatic nitrogens is 1.